The van der Waals surface area contributed by atoms with Crippen LogP contribution in [0.15, 0.2) is 18.2 Å². The molecule has 0 saturated carbocycles. The number of benzene rings is 1. The molecule has 1 atom stereocenters. The van der Waals surface area contributed by atoms with E-state index in [0.717, 1.165) is 12.5 Å². The van der Waals surface area contributed by atoms with Gasteiger partial charge in [0.1, 0.15) is 0 Å². The summed E-state index contributed by atoms with van der Waals surface area (Å²) >= 11 is 0. The van der Waals surface area contributed by atoms with Crippen molar-refractivity contribution in [2.24, 2.45) is 11.7 Å². The van der Waals surface area contributed by atoms with Gasteiger partial charge in [-0.1, -0.05) is 18.2 Å². The molecule has 2 rings (SSSR count). The summed E-state index contributed by atoms with van der Waals surface area (Å²) in [6, 6.07) is 7.18. The van der Waals surface area contributed by atoms with Gasteiger partial charge in [-0.25, -0.2) is 0 Å². The van der Waals surface area contributed by atoms with E-state index in [-0.39, 0.29) is 12.4 Å². The molecular formula is C16H27ClN2. The SMILES string of the molecule is Cc1ccc(CN2CCC(C(C)N)CC2)cc1C.Cl. The second kappa shape index (κ2) is 7.28. The van der Waals surface area contributed by atoms with Crippen molar-refractivity contribution in [3.05, 3.63) is 34.9 Å². The van der Waals surface area contributed by atoms with E-state index in [0.29, 0.717) is 6.04 Å². The summed E-state index contributed by atoms with van der Waals surface area (Å²) in [5.41, 5.74) is 10.2. The average Bonchev–Trinajstić information content (AvgIpc) is 2.34. The van der Waals surface area contributed by atoms with Crippen molar-refractivity contribution in [2.45, 2.75) is 46.2 Å². The number of hydrogen-bond donors (Lipinski definition) is 1. The summed E-state index contributed by atoms with van der Waals surface area (Å²) in [4.78, 5) is 2.56. The summed E-state index contributed by atoms with van der Waals surface area (Å²) in [5, 5.41) is 0. The summed E-state index contributed by atoms with van der Waals surface area (Å²) in [7, 11) is 0. The smallest absolute Gasteiger partial charge is 0.0233 e. The van der Waals surface area contributed by atoms with Crippen LogP contribution in [0.1, 0.15) is 36.5 Å². The average molecular weight is 283 g/mol. The molecule has 1 aromatic carbocycles. The quantitative estimate of drug-likeness (QED) is 0.922. The maximum Gasteiger partial charge on any atom is 0.0233 e. The topological polar surface area (TPSA) is 29.3 Å². The summed E-state index contributed by atoms with van der Waals surface area (Å²) in [6.07, 6.45) is 2.50. The highest BCUT2D eigenvalue weighted by molar-refractivity contribution is 5.85. The Morgan fingerprint density at radius 1 is 1.21 bits per heavy atom. The minimum atomic E-state index is 0. The first-order valence-corrected chi connectivity index (χ1v) is 7.10. The van der Waals surface area contributed by atoms with Crippen LogP contribution in [0.2, 0.25) is 0 Å². The highest BCUT2D eigenvalue weighted by Crippen LogP contribution is 2.21. The second-order valence-electron chi connectivity index (χ2n) is 5.89. The van der Waals surface area contributed by atoms with Crippen molar-refractivity contribution in [1.29, 1.82) is 0 Å². The van der Waals surface area contributed by atoms with Crippen LogP contribution in [0.5, 0.6) is 0 Å². The Bertz CT molecular complexity index is 396. The summed E-state index contributed by atoms with van der Waals surface area (Å²) in [5.74, 6) is 0.723. The number of hydrogen-bond acceptors (Lipinski definition) is 2. The van der Waals surface area contributed by atoms with Crippen LogP contribution in [0.4, 0.5) is 0 Å². The molecule has 0 amide bonds. The van der Waals surface area contributed by atoms with E-state index < -0.39 is 0 Å². The fraction of sp³-hybridized carbons (Fsp3) is 0.625. The third-order valence-corrected chi connectivity index (χ3v) is 4.35. The Balaban J connectivity index is 0.00000180. The first kappa shape index (κ1) is 16.5. The van der Waals surface area contributed by atoms with Crippen molar-refractivity contribution in [2.75, 3.05) is 13.1 Å². The van der Waals surface area contributed by atoms with Gasteiger partial charge in [-0.15, -0.1) is 12.4 Å². The fourth-order valence-electron chi connectivity index (χ4n) is 2.80. The van der Waals surface area contributed by atoms with Gasteiger partial charge in [0.05, 0.1) is 0 Å². The van der Waals surface area contributed by atoms with E-state index in [4.69, 9.17) is 5.73 Å². The number of rotatable bonds is 3. The predicted molar refractivity (Wildman–Crippen MR) is 84.8 cm³/mol. The molecule has 19 heavy (non-hydrogen) atoms. The Kier molecular flexibility index (Phi) is 6.31. The van der Waals surface area contributed by atoms with Crippen LogP contribution >= 0.6 is 12.4 Å². The van der Waals surface area contributed by atoms with Crippen molar-refractivity contribution in [1.82, 2.24) is 4.90 Å². The molecule has 3 heteroatoms. The molecule has 1 aromatic rings. The minimum Gasteiger partial charge on any atom is -0.328 e. The van der Waals surface area contributed by atoms with Gasteiger partial charge in [0.2, 0.25) is 0 Å². The van der Waals surface area contributed by atoms with Gasteiger partial charge in [-0.05, 0) is 69.3 Å². The van der Waals surface area contributed by atoms with Gasteiger partial charge in [-0.2, -0.15) is 0 Å². The fourth-order valence-corrected chi connectivity index (χ4v) is 2.80. The lowest BCUT2D eigenvalue weighted by atomic mass is 9.91. The molecule has 1 unspecified atom stereocenters. The van der Waals surface area contributed by atoms with E-state index in [1.54, 1.807) is 0 Å². The number of aryl methyl sites for hydroxylation is 2. The Morgan fingerprint density at radius 3 is 2.37 bits per heavy atom. The molecule has 1 heterocycles. The molecule has 1 fully saturated rings. The molecule has 0 radical (unpaired) electrons. The van der Waals surface area contributed by atoms with Crippen molar-refractivity contribution >= 4 is 12.4 Å². The van der Waals surface area contributed by atoms with E-state index in [1.807, 2.05) is 0 Å². The van der Waals surface area contributed by atoms with Gasteiger partial charge in [-0.3, -0.25) is 4.90 Å². The van der Waals surface area contributed by atoms with Crippen LogP contribution in [-0.4, -0.2) is 24.0 Å². The summed E-state index contributed by atoms with van der Waals surface area (Å²) in [6.45, 7) is 9.99. The van der Waals surface area contributed by atoms with Crippen LogP contribution in [-0.2, 0) is 6.54 Å². The van der Waals surface area contributed by atoms with Gasteiger partial charge >= 0.3 is 0 Å². The number of halogens is 1. The molecule has 1 aliphatic rings. The van der Waals surface area contributed by atoms with Crippen LogP contribution in [0.25, 0.3) is 0 Å². The Labute approximate surface area is 123 Å². The highest BCUT2D eigenvalue weighted by Gasteiger charge is 2.21. The number of nitrogens with zero attached hydrogens (tertiary/aromatic N) is 1. The second-order valence-corrected chi connectivity index (χ2v) is 5.89. The monoisotopic (exact) mass is 282 g/mol. The van der Waals surface area contributed by atoms with Gasteiger partial charge in [0.15, 0.2) is 0 Å². The van der Waals surface area contributed by atoms with Crippen molar-refractivity contribution in [3.63, 3.8) is 0 Å². The van der Waals surface area contributed by atoms with Gasteiger partial charge < -0.3 is 5.73 Å². The molecule has 0 bridgehead atoms. The molecular weight excluding hydrogens is 256 g/mol. The Hall–Kier alpha value is -0.570. The largest absolute Gasteiger partial charge is 0.328 e. The molecule has 2 N–H and O–H groups in total. The number of likely N-dealkylation sites (tertiary alicyclic amines) is 1. The third-order valence-electron chi connectivity index (χ3n) is 4.35. The van der Waals surface area contributed by atoms with Crippen molar-refractivity contribution < 1.29 is 0 Å². The zero-order chi connectivity index (χ0) is 13.1. The number of nitrogens with two attached hydrogens (primary N) is 1. The molecule has 0 aromatic heterocycles. The zero-order valence-corrected chi connectivity index (χ0v) is 13.2. The minimum absolute atomic E-state index is 0. The maximum atomic E-state index is 5.98. The third kappa shape index (κ3) is 4.48. The van der Waals surface area contributed by atoms with E-state index >= 15 is 0 Å². The van der Waals surface area contributed by atoms with E-state index in [2.05, 4.69) is 43.9 Å². The highest BCUT2D eigenvalue weighted by atomic mass is 35.5. The standard InChI is InChI=1S/C16H26N2.ClH/c1-12-4-5-15(10-13(12)2)11-18-8-6-16(7-9-18)14(3)17;/h4-5,10,14,16H,6-9,11,17H2,1-3H3;1H. The van der Waals surface area contributed by atoms with E-state index in [1.165, 1.54) is 42.6 Å². The summed E-state index contributed by atoms with van der Waals surface area (Å²) < 4.78 is 0. The maximum absolute atomic E-state index is 5.98. The van der Waals surface area contributed by atoms with Crippen molar-refractivity contribution in [3.8, 4) is 0 Å². The van der Waals surface area contributed by atoms with Crippen LogP contribution < -0.4 is 5.73 Å². The predicted octanol–water partition coefficient (Wildman–Crippen LogP) is 3.28. The van der Waals surface area contributed by atoms with Crippen LogP contribution in [0.3, 0.4) is 0 Å². The molecule has 0 aliphatic carbocycles. The molecule has 108 valence electrons. The molecule has 0 spiro atoms. The lowest BCUT2D eigenvalue weighted by molar-refractivity contribution is 0.165. The number of piperidine rings is 1. The first-order valence-electron chi connectivity index (χ1n) is 7.10. The lowest BCUT2D eigenvalue weighted by Crippen LogP contribution is -2.39. The molecule has 1 aliphatic heterocycles. The first-order chi connectivity index (χ1) is 8.56. The lowest BCUT2D eigenvalue weighted by Gasteiger charge is -2.33. The van der Waals surface area contributed by atoms with Crippen LogP contribution in [0, 0.1) is 19.8 Å². The molecule has 2 nitrogen and oxygen atoms in total. The van der Waals surface area contributed by atoms with Gasteiger partial charge in [0, 0.05) is 12.6 Å². The van der Waals surface area contributed by atoms with Gasteiger partial charge in [0.25, 0.3) is 0 Å². The zero-order valence-electron chi connectivity index (χ0n) is 12.4. The normalized spacial score (nSPS) is 18.9. The molecule has 1 saturated heterocycles. The van der Waals surface area contributed by atoms with E-state index in [9.17, 15) is 0 Å². The Morgan fingerprint density at radius 2 is 1.84 bits per heavy atom.